The van der Waals surface area contributed by atoms with Gasteiger partial charge in [0.15, 0.2) is 6.10 Å². The molecule has 4 aromatic rings. The molecule has 144 valence electrons. The predicted octanol–water partition coefficient (Wildman–Crippen LogP) is 4.49. The molecular formula is C23H18N2O4. The lowest BCUT2D eigenvalue weighted by Crippen LogP contribution is -2.34. The van der Waals surface area contributed by atoms with E-state index in [1.807, 2.05) is 42.5 Å². The van der Waals surface area contributed by atoms with Gasteiger partial charge in [0.25, 0.3) is 5.91 Å². The zero-order valence-corrected chi connectivity index (χ0v) is 15.7. The minimum atomic E-state index is -0.535. The third-order valence-electron chi connectivity index (χ3n) is 5.01. The Morgan fingerprint density at radius 2 is 1.93 bits per heavy atom. The normalized spacial score (nSPS) is 15.6. The van der Waals surface area contributed by atoms with Crippen LogP contribution in [0.15, 0.2) is 65.1 Å². The van der Waals surface area contributed by atoms with Gasteiger partial charge in [-0.15, -0.1) is 0 Å². The molecule has 1 aromatic heterocycles. The number of hydrogen-bond donors (Lipinski definition) is 2. The van der Waals surface area contributed by atoms with Crippen molar-refractivity contribution in [2.24, 2.45) is 0 Å². The van der Waals surface area contributed by atoms with Crippen molar-refractivity contribution in [3.8, 4) is 5.75 Å². The second-order valence-corrected chi connectivity index (χ2v) is 7.10. The first-order valence-corrected chi connectivity index (χ1v) is 9.38. The highest BCUT2D eigenvalue weighted by Crippen LogP contribution is 2.32. The van der Waals surface area contributed by atoms with Gasteiger partial charge in [-0.25, -0.2) is 0 Å². The summed E-state index contributed by atoms with van der Waals surface area (Å²) < 4.78 is 11.4. The van der Waals surface area contributed by atoms with Crippen LogP contribution in [-0.2, 0) is 16.0 Å². The number of carbonyl (C=O) groups excluding carboxylic acids is 2. The standard InChI is InChI=1S/C23H18N2O4/c1-13-23(27)25-19-10-15(7-9-21(19)28-13)24-22(26)12-16-11-18-17-5-3-2-4-14(17)6-8-20(18)29-16/h2-11,13H,12H2,1H3,(H,24,26)(H,25,27). The molecule has 6 heteroatoms. The van der Waals surface area contributed by atoms with Crippen LogP contribution in [0.1, 0.15) is 12.7 Å². The monoisotopic (exact) mass is 386 g/mol. The molecule has 1 atom stereocenters. The molecule has 0 saturated heterocycles. The van der Waals surface area contributed by atoms with Crippen LogP contribution < -0.4 is 15.4 Å². The molecule has 0 aliphatic carbocycles. The third kappa shape index (κ3) is 3.18. The molecule has 6 nitrogen and oxygen atoms in total. The maximum Gasteiger partial charge on any atom is 0.265 e. The fraction of sp³-hybridized carbons (Fsp3) is 0.130. The van der Waals surface area contributed by atoms with Crippen LogP contribution >= 0.6 is 0 Å². The molecule has 0 radical (unpaired) electrons. The molecule has 0 fully saturated rings. The minimum Gasteiger partial charge on any atom is -0.479 e. The van der Waals surface area contributed by atoms with Crippen LogP contribution in [0.2, 0.25) is 0 Å². The number of anilines is 2. The number of hydrogen-bond acceptors (Lipinski definition) is 4. The van der Waals surface area contributed by atoms with E-state index >= 15 is 0 Å². The molecule has 1 aliphatic rings. The van der Waals surface area contributed by atoms with E-state index in [1.54, 1.807) is 25.1 Å². The summed E-state index contributed by atoms with van der Waals surface area (Å²) in [7, 11) is 0. The Hall–Kier alpha value is -3.80. The summed E-state index contributed by atoms with van der Waals surface area (Å²) in [4.78, 5) is 24.3. The summed E-state index contributed by atoms with van der Waals surface area (Å²) >= 11 is 0. The zero-order valence-electron chi connectivity index (χ0n) is 15.7. The molecule has 2 amide bonds. The smallest absolute Gasteiger partial charge is 0.265 e. The van der Waals surface area contributed by atoms with E-state index in [2.05, 4.69) is 10.6 Å². The maximum atomic E-state index is 12.5. The van der Waals surface area contributed by atoms with Crippen LogP contribution in [0, 0.1) is 0 Å². The van der Waals surface area contributed by atoms with Gasteiger partial charge in [0.05, 0.1) is 12.1 Å². The van der Waals surface area contributed by atoms with Crippen LogP contribution in [0.5, 0.6) is 5.75 Å². The number of nitrogens with one attached hydrogen (secondary N) is 2. The van der Waals surface area contributed by atoms with Crippen molar-refractivity contribution in [1.29, 1.82) is 0 Å². The largest absolute Gasteiger partial charge is 0.479 e. The zero-order chi connectivity index (χ0) is 20.0. The summed E-state index contributed by atoms with van der Waals surface area (Å²) in [5, 5.41) is 8.84. The van der Waals surface area contributed by atoms with Gasteiger partial charge < -0.3 is 19.8 Å². The van der Waals surface area contributed by atoms with Gasteiger partial charge in [0.1, 0.15) is 17.1 Å². The highest BCUT2D eigenvalue weighted by atomic mass is 16.5. The molecule has 3 aromatic carbocycles. The van der Waals surface area contributed by atoms with Gasteiger partial charge in [-0.05, 0) is 48.0 Å². The summed E-state index contributed by atoms with van der Waals surface area (Å²) in [6, 6.07) is 19.1. The van der Waals surface area contributed by atoms with Gasteiger partial charge in [-0.2, -0.15) is 0 Å². The fourth-order valence-electron chi connectivity index (χ4n) is 3.58. The number of carbonyl (C=O) groups is 2. The average Bonchev–Trinajstić information content (AvgIpc) is 3.12. The second kappa shape index (κ2) is 6.67. The number of amides is 2. The molecule has 2 heterocycles. The minimum absolute atomic E-state index is 0.111. The number of benzene rings is 3. The van der Waals surface area contributed by atoms with Crippen LogP contribution in [0.25, 0.3) is 21.7 Å². The Morgan fingerprint density at radius 1 is 1.07 bits per heavy atom. The third-order valence-corrected chi connectivity index (χ3v) is 5.01. The first kappa shape index (κ1) is 17.3. The lowest BCUT2D eigenvalue weighted by Gasteiger charge is -2.23. The summed E-state index contributed by atoms with van der Waals surface area (Å²) in [5.74, 6) is 0.761. The second-order valence-electron chi connectivity index (χ2n) is 7.10. The van der Waals surface area contributed by atoms with Gasteiger partial charge in [0.2, 0.25) is 5.91 Å². The summed E-state index contributed by atoms with van der Waals surface area (Å²) in [5.41, 5.74) is 1.88. The van der Waals surface area contributed by atoms with Crippen molar-refractivity contribution < 1.29 is 18.7 Å². The summed E-state index contributed by atoms with van der Waals surface area (Å²) in [6.07, 6.45) is -0.424. The molecule has 0 spiro atoms. The van der Waals surface area contributed by atoms with Gasteiger partial charge in [0, 0.05) is 11.1 Å². The number of ether oxygens (including phenoxy) is 1. The van der Waals surface area contributed by atoms with E-state index in [1.165, 1.54) is 0 Å². The quantitative estimate of drug-likeness (QED) is 0.544. The number of furan rings is 1. The van der Waals surface area contributed by atoms with Crippen molar-refractivity contribution in [2.45, 2.75) is 19.4 Å². The van der Waals surface area contributed by atoms with Crippen molar-refractivity contribution in [3.05, 3.63) is 66.4 Å². The molecular weight excluding hydrogens is 368 g/mol. The molecule has 29 heavy (non-hydrogen) atoms. The Balaban J connectivity index is 1.35. The highest BCUT2D eigenvalue weighted by Gasteiger charge is 2.23. The maximum absolute atomic E-state index is 12.5. The first-order chi connectivity index (χ1) is 14.1. The van der Waals surface area contributed by atoms with Crippen LogP contribution in [-0.4, -0.2) is 17.9 Å². The van der Waals surface area contributed by atoms with Gasteiger partial charge in [-0.3, -0.25) is 9.59 Å². The lowest BCUT2D eigenvalue weighted by molar-refractivity contribution is -0.122. The Morgan fingerprint density at radius 3 is 2.83 bits per heavy atom. The number of fused-ring (bicyclic) bond motifs is 4. The van der Waals surface area contributed by atoms with Crippen molar-refractivity contribution >= 4 is 44.9 Å². The van der Waals surface area contributed by atoms with E-state index in [-0.39, 0.29) is 18.2 Å². The molecule has 0 bridgehead atoms. The van der Waals surface area contributed by atoms with E-state index in [0.29, 0.717) is 22.9 Å². The molecule has 1 aliphatic heterocycles. The number of rotatable bonds is 3. The van der Waals surface area contributed by atoms with Crippen molar-refractivity contribution in [3.63, 3.8) is 0 Å². The van der Waals surface area contributed by atoms with Crippen LogP contribution in [0.3, 0.4) is 0 Å². The van der Waals surface area contributed by atoms with Crippen molar-refractivity contribution in [2.75, 3.05) is 10.6 Å². The summed E-state index contributed by atoms with van der Waals surface area (Å²) in [6.45, 7) is 1.69. The van der Waals surface area contributed by atoms with E-state index in [4.69, 9.17) is 9.15 Å². The Kier molecular flexibility index (Phi) is 3.98. The fourth-order valence-corrected chi connectivity index (χ4v) is 3.58. The lowest BCUT2D eigenvalue weighted by atomic mass is 10.1. The average molecular weight is 386 g/mol. The highest BCUT2D eigenvalue weighted by molar-refractivity contribution is 6.06. The molecule has 2 N–H and O–H groups in total. The Labute approximate surface area is 166 Å². The van der Waals surface area contributed by atoms with Gasteiger partial charge >= 0.3 is 0 Å². The molecule has 1 unspecified atom stereocenters. The SMILES string of the molecule is CC1Oc2ccc(NC(=O)Cc3cc4c(ccc5ccccc54)o3)cc2NC1=O. The van der Waals surface area contributed by atoms with Crippen molar-refractivity contribution in [1.82, 2.24) is 0 Å². The van der Waals surface area contributed by atoms with E-state index in [0.717, 1.165) is 21.7 Å². The topological polar surface area (TPSA) is 80.6 Å². The first-order valence-electron chi connectivity index (χ1n) is 9.38. The van der Waals surface area contributed by atoms with Gasteiger partial charge in [-0.1, -0.05) is 30.3 Å². The Bertz CT molecular complexity index is 1270. The predicted molar refractivity (Wildman–Crippen MR) is 111 cm³/mol. The molecule has 5 rings (SSSR count). The van der Waals surface area contributed by atoms with E-state index < -0.39 is 6.10 Å². The van der Waals surface area contributed by atoms with Crippen LogP contribution in [0.4, 0.5) is 11.4 Å². The molecule has 0 saturated carbocycles. The van der Waals surface area contributed by atoms with E-state index in [9.17, 15) is 9.59 Å².